The molecule has 0 fully saturated rings. The van der Waals surface area contributed by atoms with E-state index in [1.807, 2.05) is 13.8 Å². The van der Waals surface area contributed by atoms with Crippen LogP contribution < -0.4 is 10.6 Å². The van der Waals surface area contributed by atoms with E-state index in [9.17, 15) is 14.7 Å². The lowest BCUT2D eigenvalue weighted by Crippen LogP contribution is -2.32. The number of rotatable bonds is 7. The van der Waals surface area contributed by atoms with E-state index in [2.05, 4.69) is 10.6 Å². The molecule has 0 aliphatic carbocycles. The summed E-state index contributed by atoms with van der Waals surface area (Å²) in [5.41, 5.74) is 0.942. The molecular weight excluding hydrogens is 268 g/mol. The number of carbonyl (C=O) groups excluding carboxylic acids is 2. The van der Waals surface area contributed by atoms with E-state index >= 15 is 0 Å². The van der Waals surface area contributed by atoms with Crippen LogP contribution >= 0.6 is 0 Å². The van der Waals surface area contributed by atoms with Crippen molar-refractivity contribution >= 4 is 17.5 Å². The fraction of sp³-hybridized carbons (Fsp3) is 0.500. The van der Waals surface area contributed by atoms with Crippen molar-refractivity contribution in [3.05, 3.63) is 29.8 Å². The predicted octanol–water partition coefficient (Wildman–Crippen LogP) is 2.31. The lowest BCUT2D eigenvalue weighted by molar-refractivity contribution is -0.116. The number of para-hydroxylation sites is 1. The van der Waals surface area contributed by atoms with Crippen LogP contribution in [-0.2, 0) is 4.79 Å². The van der Waals surface area contributed by atoms with E-state index in [4.69, 9.17) is 0 Å². The van der Waals surface area contributed by atoms with E-state index in [1.54, 1.807) is 31.2 Å². The molecule has 1 aromatic carbocycles. The summed E-state index contributed by atoms with van der Waals surface area (Å²) in [6.45, 7) is 5.57. The largest absolute Gasteiger partial charge is 0.393 e. The zero-order valence-corrected chi connectivity index (χ0v) is 12.8. The highest BCUT2D eigenvalue weighted by atomic mass is 16.3. The normalized spacial score (nSPS) is 13.3. The number of carbonyl (C=O) groups is 2. The Labute approximate surface area is 125 Å². The summed E-state index contributed by atoms with van der Waals surface area (Å²) in [6, 6.07) is 6.99. The van der Waals surface area contributed by atoms with Crippen LogP contribution in [0.2, 0.25) is 0 Å². The number of amides is 2. The van der Waals surface area contributed by atoms with Crippen molar-refractivity contribution in [2.24, 2.45) is 0 Å². The third-order valence-electron chi connectivity index (χ3n) is 3.22. The maximum atomic E-state index is 12.2. The molecule has 116 valence electrons. The molecule has 0 heterocycles. The van der Waals surface area contributed by atoms with Crippen molar-refractivity contribution in [1.82, 2.24) is 5.32 Å². The van der Waals surface area contributed by atoms with Crippen LogP contribution in [0.3, 0.4) is 0 Å². The molecule has 0 spiro atoms. The summed E-state index contributed by atoms with van der Waals surface area (Å²) in [6.07, 6.45) is 0.945. The third-order valence-corrected chi connectivity index (χ3v) is 3.22. The summed E-state index contributed by atoms with van der Waals surface area (Å²) in [5.74, 6) is -0.407. The first-order valence-corrected chi connectivity index (χ1v) is 7.31. The number of hydrogen-bond donors (Lipinski definition) is 3. The van der Waals surface area contributed by atoms with Gasteiger partial charge in [-0.25, -0.2) is 0 Å². The first-order chi connectivity index (χ1) is 9.93. The molecule has 0 radical (unpaired) electrons. The molecular formula is C16H24N2O3. The SMILES string of the molecule is CCC(C)NC(=O)c1ccccc1NC(=O)CCC(C)O. The minimum Gasteiger partial charge on any atom is -0.393 e. The van der Waals surface area contributed by atoms with E-state index in [1.165, 1.54) is 0 Å². The zero-order chi connectivity index (χ0) is 15.8. The molecule has 1 aromatic rings. The first kappa shape index (κ1) is 17.2. The minimum absolute atomic E-state index is 0.0801. The Morgan fingerprint density at radius 2 is 1.90 bits per heavy atom. The fourth-order valence-electron chi connectivity index (χ4n) is 1.75. The van der Waals surface area contributed by atoms with Gasteiger partial charge in [0.2, 0.25) is 5.91 Å². The molecule has 0 saturated carbocycles. The van der Waals surface area contributed by atoms with Crippen molar-refractivity contribution in [2.75, 3.05) is 5.32 Å². The maximum Gasteiger partial charge on any atom is 0.253 e. The highest BCUT2D eigenvalue weighted by molar-refractivity contribution is 6.03. The second kappa shape index (κ2) is 8.42. The van der Waals surface area contributed by atoms with Gasteiger partial charge in [-0.15, -0.1) is 0 Å². The Balaban J connectivity index is 2.75. The van der Waals surface area contributed by atoms with Gasteiger partial charge in [0.15, 0.2) is 0 Å². The molecule has 1 rings (SSSR count). The van der Waals surface area contributed by atoms with Crippen LogP contribution in [0.15, 0.2) is 24.3 Å². The summed E-state index contributed by atoms with van der Waals surface area (Å²) >= 11 is 0. The van der Waals surface area contributed by atoms with Gasteiger partial charge in [-0.1, -0.05) is 19.1 Å². The van der Waals surface area contributed by atoms with Crippen molar-refractivity contribution in [3.8, 4) is 0 Å². The van der Waals surface area contributed by atoms with Gasteiger partial charge in [-0.3, -0.25) is 9.59 Å². The quantitative estimate of drug-likeness (QED) is 0.721. The number of benzene rings is 1. The fourth-order valence-corrected chi connectivity index (χ4v) is 1.75. The van der Waals surface area contributed by atoms with E-state index in [0.29, 0.717) is 17.7 Å². The van der Waals surface area contributed by atoms with Crippen LogP contribution in [0.5, 0.6) is 0 Å². The topological polar surface area (TPSA) is 78.4 Å². The van der Waals surface area contributed by atoms with Gasteiger partial charge in [-0.05, 0) is 38.8 Å². The van der Waals surface area contributed by atoms with Gasteiger partial charge in [0.25, 0.3) is 5.91 Å². The summed E-state index contributed by atoms with van der Waals surface area (Å²) in [7, 11) is 0. The molecule has 21 heavy (non-hydrogen) atoms. The van der Waals surface area contributed by atoms with Gasteiger partial charge in [0.05, 0.1) is 17.4 Å². The van der Waals surface area contributed by atoms with Gasteiger partial charge >= 0.3 is 0 Å². The van der Waals surface area contributed by atoms with Crippen LogP contribution in [0.25, 0.3) is 0 Å². The highest BCUT2D eigenvalue weighted by Crippen LogP contribution is 2.16. The molecule has 0 aliphatic heterocycles. The molecule has 0 saturated heterocycles. The Morgan fingerprint density at radius 3 is 2.52 bits per heavy atom. The molecule has 3 N–H and O–H groups in total. The number of nitrogens with one attached hydrogen (secondary N) is 2. The van der Waals surface area contributed by atoms with Crippen molar-refractivity contribution in [3.63, 3.8) is 0 Å². The number of aliphatic hydroxyl groups is 1. The van der Waals surface area contributed by atoms with Gasteiger partial charge in [-0.2, -0.15) is 0 Å². The van der Waals surface area contributed by atoms with Gasteiger partial charge in [0, 0.05) is 12.5 Å². The molecule has 5 heteroatoms. The highest BCUT2D eigenvalue weighted by Gasteiger charge is 2.14. The lowest BCUT2D eigenvalue weighted by atomic mass is 10.1. The number of aliphatic hydroxyl groups excluding tert-OH is 1. The van der Waals surface area contributed by atoms with Crippen LogP contribution in [0.1, 0.15) is 50.4 Å². The van der Waals surface area contributed by atoms with E-state index in [0.717, 1.165) is 6.42 Å². The standard InChI is InChI=1S/C16H24N2O3/c1-4-11(2)17-16(21)13-7-5-6-8-14(13)18-15(20)10-9-12(3)19/h5-8,11-12,19H,4,9-10H2,1-3H3,(H,17,21)(H,18,20). The van der Waals surface area contributed by atoms with Crippen LogP contribution in [0, 0.1) is 0 Å². The third kappa shape index (κ3) is 5.95. The lowest BCUT2D eigenvalue weighted by Gasteiger charge is -2.14. The van der Waals surface area contributed by atoms with Crippen LogP contribution in [0.4, 0.5) is 5.69 Å². The Morgan fingerprint density at radius 1 is 1.24 bits per heavy atom. The molecule has 5 nitrogen and oxygen atoms in total. The molecule has 0 aromatic heterocycles. The molecule has 2 unspecified atom stereocenters. The summed E-state index contributed by atoms with van der Waals surface area (Å²) < 4.78 is 0. The van der Waals surface area contributed by atoms with E-state index < -0.39 is 6.10 Å². The van der Waals surface area contributed by atoms with E-state index in [-0.39, 0.29) is 24.3 Å². The maximum absolute atomic E-state index is 12.2. The second-order valence-corrected chi connectivity index (χ2v) is 5.26. The number of hydrogen-bond acceptors (Lipinski definition) is 3. The van der Waals surface area contributed by atoms with Crippen molar-refractivity contribution in [2.45, 2.75) is 52.2 Å². The Kier molecular flexibility index (Phi) is 6.88. The summed E-state index contributed by atoms with van der Waals surface area (Å²) in [5, 5.41) is 14.8. The second-order valence-electron chi connectivity index (χ2n) is 5.26. The van der Waals surface area contributed by atoms with Crippen LogP contribution in [-0.4, -0.2) is 29.1 Å². The molecule has 2 amide bonds. The molecule has 2 atom stereocenters. The monoisotopic (exact) mass is 292 g/mol. The Hall–Kier alpha value is -1.88. The average molecular weight is 292 g/mol. The minimum atomic E-state index is -0.514. The van der Waals surface area contributed by atoms with Gasteiger partial charge < -0.3 is 15.7 Å². The zero-order valence-electron chi connectivity index (χ0n) is 12.8. The van der Waals surface area contributed by atoms with Crippen molar-refractivity contribution in [1.29, 1.82) is 0 Å². The smallest absolute Gasteiger partial charge is 0.253 e. The molecule has 0 aliphatic rings. The summed E-state index contributed by atoms with van der Waals surface area (Å²) in [4.78, 5) is 24.0. The Bertz CT molecular complexity index is 486. The van der Waals surface area contributed by atoms with Gasteiger partial charge in [0.1, 0.15) is 0 Å². The first-order valence-electron chi connectivity index (χ1n) is 7.31. The number of anilines is 1. The molecule has 0 bridgehead atoms. The van der Waals surface area contributed by atoms with Crippen molar-refractivity contribution < 1.29 is 14.7 Å². The predicted molar refractivity (Wildman–Crippen MR) is 83.2 cm³/mol. The average Bonchev–Trinajstić information content (AvgIpc) is 2.45.